The first-order chi connectivity index (χ1) is 13.2. The van der Waals surface area contributed by atoms with E-state index >= 15 is 0 Å². The highest BCUT2D eigenvalue weighted by atomic mass is 16.5. The van der Waals surface area contributed by atoms with E-state index in [9.17, 15) is 4.79 Å². The predicted octanol–water partition coefficient (Wildman–Crippen LogP) is 4.19. The molecule has 1 aliphatic carbocycles. The van der Waals surface area contributed by atoms with E-state index in [0.717, 1.165) is 46.7 Å². The minimum absolute atomic E-state index is 0.110. The minimum atomic E-state index is -0.169. The summed E-state index contributed by atoms with van der Waals surface area (Å²) in [6, 6.07) is 15.5. The molecular weight excluding hydrogens is 340 g/mol. The Morgan fingerprint density at radius 2 is 1.56 bits per heavy atom. The second-order valence-corrected chi connectivity index (χ2v) is 6.65. The average Bonchev–Trinajstić information content (AvgIpc) is 3.10. The monoisotopic (exact) mass is 362 g/mol. The number of rotatable bonds is 4. The number of methoxy groups -OCH3 is 2. The molecule has 2 aromatic carbocycles. The molecule has 4 rings (SSSR count). The maximum absolute atomic E-state index is 12.3. The summed E-state index contributed by atoms with van der Waals surface area (Å²) in [5.41, 5.74) is 5.48. The molecule has 138 valence electrons. The molecule has 0 spiro atoms. The van der Waals surface area contributed by atoms with E-state index < -0.39 is 0 Å². The number of hydrogen-bond donors (Lipinski definition) is 2. The molecule has 1 aliphatic heterocycles. The fraction of sp³-hybridized carbons (Fsp3) is 0.227. The largest absolute Gasteiger partial charge is 0.497 e. The van der Waals surface area contributed by atoms with Gasteiger partial charge in [0.05, 0.1) is 20.3 Å². The van der Waals surface area contributed by atoms with Crippen molar-refractivity contribution in [2.45, 2.75) is 18.9 Å². The van der Waals surface area contributed by atoms with Crippen molar-refractivity contribution in [1.82, 2.24) is 10.6 Å². The van der Waals surface area contributed by atoms with Crippen LogP contribution in [0.1, 0.15) is 30.0 Å². The van der Waals surface area contributed by atoms with E-state index in [1.165, 1.54) is 5.57 Å². The summed E-state index contributed by atoms with van der Waals surface area (Å²) in [6.45, 7) is 0. The van der Waals surface area contributed by atoms with Crippen molar-refractivity contribution in [1.29, 1.82) is 0 Å². The molecule has 2 amide bonds. The van der Waals surface area contributed by atoms with Crippen molar-refractivity contribution in [2.24, 2.45) is 0 Å². The Labute approximate surface area is 158 Å². The standard InChI is InChI=1S/C22H22N2O3/c1-26-17-8-3-14(4-9-17)13-16-7-12-19-20(23-22(25)24-21(16)19)15-5-10-18(27-2)11-6-15/h3-6,8-11,13,20H,7,12H2,1-2H3,(H2,23,24,25)/b16-13+. The Bertz CT molecular complexity index is 912. The van der Waals surface area contributed by atoms with Gasteiger partial charge in [-0.25, -0.2) is 4.79 Å². The van der Waals surface area contributed by atoms with Gasteiger partial charge < -0.3 is 20.1 Å². The highest BCUT2D eigenvalue weighted by molar-refractivity contribution is 5.82. The van der Waals surface area contributed by atoms with Gasteiger partial charge in [0.25, 0.3) is 0 Å². The molecule has 2 N–H and O–H groups in total. The van der Waals surface area contributed by atoms with Crippen molar-refractivity contribution in [3.8, 4) is 11.5 Å². The number of benzene rings is 2. The number of ether oxygens (including phenoxy) is 2. The lowest BCUT2D eigenvalue weighted by molar-refractivity contribution is 0.239. The molecule has 0 radical (unpaired) electrons. The third-order valence-corrected chi connectivity index (χ3v) is 5.07. The number of carbonyl (C=O) groups is 1. The van der Waals surface area contributed by atoms with Crippen LogP contribution in [0.4, 0.5) is 4.79 Å². The van der Waals surface area contributed by atoms with E-state index in [4.69, 9.17) is 9.47 Å². The Morgan fingerprint density at radius 1 is 0.926 bits per heavy atom. The zero-order chi connectivity index (χ0) is 18.8. The van der Waals surface area contributed by atoms with E-state index in [2.05, 4.69) is 16.7 Å². The first kappa shape index (κ1) is 17.2. The van der Waals surface area contributed by atoms with Crippen molar-refractivity contribution >= 4 is 12.1 Å². The summed E-state index contributed by atoms with van der Waals surface area (Å²) in [6.07, 6.45) is 3.96. The molecule has 5 heteroatoms. The van der Waals surface area contributed by atoms with Gasteiger partial charge in [-0.2, -0.15) is 0 Å². The Morgan fingerprint density at radius 3 is 2.19 bits per heavy atom. The third kappa shape index (κ3) is 3.40. The van der Waals surface area contributed by atoms with E-state index in [0.29, 0.717) is 0 Å². The Hall–Kier alpha value is -3.21. The van der Waals surface area contributed by atoms with Crippen LogP contribution < -0.4 is 20.1 Å². The lowest BCUT2D eigenvalue weighted by atomic mass is 9.96. The summed E-state index contributed by atoms with van der Waals surface area (Å²) in [7, 11) is 3.31. The zero-order valence-electron chi connectivity index (χ0n) is 15.4. The topological polar surface area (TPSA) is 59.6 Å². The molecule has 27 heavy (non-hydrogen) atoms. The third-order valence-electron chi connectivity index (χ3n) is 5.07. The normalized spacial score (nSPS) is 20.1. The van der Waals surface area contributed by atoms with Gasteiger partial charge in [-0.3, -0.25) is 0 Å². The number of carbonyl (C=O) groups excluding carboxylic acids is 1. The summed E-state index contributed by atoms with van der Waals surface area (Å²) in [5, 5.41) is 6.05. The molecule has 0 saturated carbocycles. The minimum Gasteiger partial charge on any atom is -0.497 e. The lowest BCUT2D eigenvalue weighted by Crippen LogP contribution is -2.43. The average molecular weight is 362 g/mol. The maximum Gasteiger partial charge on any atom is 0.319 e. The van der Waals surface area contributed by atoms with Gasteiger partial charge in [0.1, 0.15) is 11.5 Å². The van der Waals surface area contributed by atoms with Crippen LogP contribution in [-0.2, 0) is 0 Å². The zero-order valence-corrected chi connectivity index (χ0v) is 15.4. The van der Waals surface area contributed by atoms with Gasteiger partial charge >= 0.3 is 6.03 Å². The van der Waals surface area contributed by atoms with Gasteiger partial charge in [0.15, 0.2) is 0 Å². The molecule has 5 nitrogen and oxygen atoms in total. The van der Waals surface area contributed by atoms with Crippen molar-refractivity contribution in [3.63, 3.8) is 0 Å². The van der Waals surface area contributed by atoms with Gasteiger partial charge in [0.2, 0.25) is 0 Å². The summed E-state index contributed by atoms with van der Waals surface area (Å²) in [5.74, 6) is 1.64. The smallest absolute Gasteiger partial charge is 0.319 e. The molecular formula is C22H22N2O3. The Balaban J connectivity index is 1.66. The molecule has 1 atom stereocenters. The molecule has 0 aromatic heterocycles. The fourth-order valence-electron chi connectivity index (χ4n) is 3.67. The van der Waals surface area contributed by atoms with Crippen LogP contribution in [0, 0.1) is 0 Å². The summed E-state index contributed by atoms with van der Waals surface area (Å²) >= 11 is 0. The molecule has 2 aliphatic rings. The second-order valence-electron chi connectivity index (χ2n) is 6.65. The number of allylic oxidation sites excluding steroid dienone is 1. The van der Waals surface area contributed by atoms with Crippen LogP contribution in [0.5, 0.6) is 11.5 Å². The number of urea groups is 1. The van der Waals surface area contributed by atoms with Crippen LogP contribution in [0.25, 0.3) is 6.08 Å². The number of hydrogen-bond acceptors (Lipinski definition) is 3. The van der Waals surface area contributed by atoms with E-state index in [1.807, 2.05) is 48.5 Å². The number of amides is 2. The molecule has 0 saturated heterocycles. The van der Waals surface area contributed by atoms with Crippen molar-refractivity contribution in [3.05, 3.63) is 76.5 Å². The van der Waals surface area contributed by atoms with Gasteiger partial charge in [-0.05, 0) is 65.5 Å². The fourth-order valence-corrected chi connectivity index (χ4v) is 3.67. The van der Waals surface area contributed by atoms with Crippen LogP contribution >= 0.6 is 0 Å². The molecule has 0 bridgehead atoms. The van der Waals surface area contributed by atoms with Gasteiger partial charge in [-0.15, -0.1) is 0 Å². The molecule has 0 fully saturated rings. The van der Waals surface area contributed by atoms with Crippen molar-refractivity contribution in [2.75, 3.05) is 14.2 Å². The van der Waals surface area contributed by atoms with Gasteiger partial charge in [0, 0.05) is 5.70 Å². The second kappa shape index (κ2) is 7.19. The quantitative estimate of drug-likeness (QED) is 0.857. The highest BCUT2D eigenvalue weighted by Gasteiger charge is 2.33. The van der Waals surface area contributed by atoms with Crippen LogP contribution in [-0.4, -0.2) is 20.3 Å². The SMILES string of the molecule is COc1ccc(/C=C2\CCC3=C2NC(=O)NC3c2ccc(OC)cc2)cc1. The highest BCUT2D eigenvalue weighted by Crippen LogP contribution is 2.40. The molecule has 1 heterocycles. The van der Waals surface area contributed by atoms with Crippen LogP contribution in [0.3, 0.4) is 0 Å². The Kier molecular flexibility index (Phi) is 4.59. The maximum atomic E-state index is 12.3. The van der Waals surface area contributed by atoms with Crippen molar-refractivity contribution < 1.29 is 14.3 Å². The molecule has 2 aromatic rings. The van der Waals surface area contributed by atoms with Gasteiger partial charge in [-0.1, -0.05) is 24.3 Å². The van der Waals surface area contributed by atoms with E-state index in [-0.39, 0.29) is 12.1 Å². The first-order valence-electron chi connectivity index (χ1n) is 8.97. The van der Waals surface area contributed by atoms with Crippen LogP contribution in [0.15, 0.2) is 65.4 Å². The van der Waals surface area contributed by atoms with Crippen LogP contribution in [0.2, 0.25) is 0 Å². The number of nitrogens with one attached hydrogen (secondary N) is 2. The summed E-state index contributed by atoms with van der Waals surface area (Å²) < 4.78 is 10.4. The lowest BCUT2D eigenvalue weighted by Gasteiger charge is -2.27. The first-order valence-corrected chi connectivity index (χ1v) is 8.97. The molecule has 1 unspecified atom stereocenters. The predicted molar refractivity (Wildman–Crippen MR) is 105 cm³/mol. The van der Waals surface area contributed by atoms with E-state index in [1.54, 1.807) is 14.2 Å². The summed E-state index contributed by atoms with van der Waals surface area (Å²) in [4.78, 5) is 12.3.